The number of aromatic nitrogens is 1. The van der Waals surface area contributed by atoms with Crippen LogP contribution >= 0.6 is 0 Å². The lowest BCUT2D eigenvalue weighted by Gasteiger charge is -2.05. The Hall–Kier alpha value is -1.32. The van der Waals surface area contributed by atoms with E-state index in [2.05, 4.69) is 10.5 Å². The van der Waals surface area contributed by atoms with Crippen LogP contribution in [0.25, 0.3) is 0 Å². The van der Waals surface area contributed by atoms with Gasteiger partial charge in [-0.05, 0) is 12.8 Å². The molecule has 4 heteroatoms. The van der Waals surface area contributed by atoms with Crippen LogP contribution in [-0.4, -0.2) is 17.6 Å². The fourth-order valence-corrected chi connectivity index (χ4v) is 1.30. The van der Waals surface area contributed by atoms with Crippen molar-refractivity contribution in [3.8, 4) is 0 Å². The fourth-order valence-electron chi connectivity index (χ4n) is 1.30. The summed E-state index contributed by atoms with van der Waals surface area (Å²) in [6.45, 7) is 6.54. The summed E-state index contributed by atoms with van der Waals surface area (Å²) in [7, 11) is 0. The van der Waals surface area contributed by atoms with E-state index in [4.69, 9.17) is 4.52 Å². The van der Waals surface area contributed by atoms with Crippen LogP contribution in [0, 0.1) is 12.8 Å². The molecule has 1 aromatic heterocycles. The molecule has 0 fully saturated rings. The predicted octanol–water partition coefficient (Wildman–Crippen LogP) is 1.69. The number of carbonyl (C=O) groups is 1. The van der Waals surface area contributed by atoms with E-state index in [0.29, 0.717) is 25.3 Å². The Morgan fingerprint density at radius 3 is 2.87 bits per heavy atom. The van der Waals surface area contributed by atoms with E-state index < -0.39 is 0 Å². The Morgan fingerprint density at radius 1 is 1.60 bits per heavy atom. The van der Waals surface area contributed by atoms with E-state index >= 15 is 0 Å². The molecule has 0 aromatic carbocycles. The molecule has 0 atom stereocenters. The molecule has 15 heavy (non-hydrogen) atoms. The minimum Gasteiger partial charge on any atom is -0.361 e. The largest absolute Gasteiger partial charge is 0.361 e. The zero-order valence-corrected chi connectivity index (χ0v) is 9.54. The molecule has 0 aliphatic rings. The second-order valence-electron chi connectivity index (χ2n) is 4.13. The molecule has 1 aromatic rings. The summed E-state index contributed by atoms with van der Waals surface area (Å²) in [6, 6.07) is 1.88. The standard InChI is InChI=1S/C11H18N2O2/c1-8(2)6-11(14)12-5-4-10-7-9(3)13-15-10/h7-8H,4-6H2,1-3H3,(H,12,14). The van der Waals surface area contributed by atoms with Crippen molar-refractivity contribution in [1.82, 2.24) is 10.5 Å². The van der Waals surface area contributed by atoms with Crippen LogP contribution in [0.4, 0.5) is 0 Å². The van der Waals surface area contributed by atoms with Crippen LogP contribution in [0.5, 0.6) is 0 Å². The summed E-state index contributed by atoms with van der Waals surface area (Å²) in [5.41, 5.74) is 0.874. The van der Waals surface area contributed by atoms with E-state index in [1.165, 1.54) is 0 Å². The lowest BCUT2D eigenvalue weighted by molar-refractivity contribution is -0.121. The first kappa shape index (κ1) is 11.8. The molecule has 0 radical (unpaired) electrons. The number of nitrogens with one attached hydrogen (secondary N) is 1. The number of rotatable bonds is 5. The predicted molar refractivity (Wildman–Crippen MR) is 57.4 cm³/mol. The van der Waals surface area contributed by atoms with Crippen molar-refractivity contribution in [2.45, 2.75) is 33.6 Å². The first-order valence-electron chi connectivity index (χ1n) is 5.27. The van der Waals surface area contributed by atoms with Gasteiger partial charge in [-0.15, -0.1) is 0 Å². The van der Waals surface area contributed by atoms with Crippen LogP contribution in [0.3, 0.4) is 0 Å². The van der Waals surface area contributed by atoms with E-state index in [1.54, 1.807) is 0 Å². The van der Waals surface area contributed by atoms with E-state index in [0.717, 1.165) is 11.5 Å². The third-order valence-electron chi connectivity index (χ3n) is 1.96. The average molecular weight is 210 g/mol. The van der Waals surface area contributed by atoms with Gasteiger partial charge in [-0.25, -0.2) is 0 Å². The van der Waals surface area contributed by atoms with Crippen LogP contribution in [0.15, 0.2) is 10.6 Å². The van der Waals surface area contributed by atoms with Gasteiger partial charge in [0.15, 0.2) is 0 Å². The average Bonchev–Trinajstić information content (AvgIpc) is 2.50. The van der Waals surface area contributed by atoms with Gasteiger partial charge in [-0.2, -0.15) is 0 Å². The molecule has 84 valence electrons. The molecule has 0 bridgehead atoms. The Morgan fingerprint density at radius 2 is 2.33 bits per heavy atom. The Bertz CT molecular complexity index is 318. The van der Waals surface area contributed by atoms with Gasteiger partial charge in [0.05, 0.1) is 5.69 Å². The van der Waals surface area contributed by atoms with Crippen LogP contribution in [0.2, 0.25) is 0 Å². The first-order valence-corrected chi connectivity index (χ1v) is 5.27. The molecular weight excluding hydrogens is 192 g/mol. The van der Waals surface area contributed by atoms with Crippen molar-refractivity contribution in [3.05, 3.63) is 17.5 Å². The zero-order chi connectivity index (χ0) is 11.3. The SMILES string of the molecule is Cc1cc(CCNC(=O)CC(C)C)on1. The van der Waals surface area contributed by atoms with Gasteiger partial charge in [0, 0.05) is 25.5 Å². The zero-order valence-electron chi connectivity index (χ0n) is 9.54. The highest BCUT2D eigenvalue weighted by Crippen LogP contribution is 2.02. The van der Waals surface area contributed by atoms with Gasteiger partial charge in [0.2, 0.25) is 5.91 Å². The topological polar surface area (TPSA) is 55.1 Å². The molecule has 0 saturated carbocycles. The highest BCUT2D eigenvalue weighted by atomic mass is 16.5. The molecule has 0 aliphatic carbocycles. The Balaban J connectivity index is 2.19. The number of aryl methyl sites for hydroxylation is 1. The van der Waals surface area contributed by atoms with Crippen LogP contribution < -0.4 is 5.32 Å². The van der Waals surface area contributed by atoms with E-state index in [-0.39, 0.29) is 5.91 Å². The molecular formula is C11H18N2O2. The molecule has 4 nitrogen and oxygen atoms in total. The van der Waals surface area contributed by atoms with Crippen molar-refractivity contribution in [3.63, 3.8) is 0 Å². The van der Waals surface area contributed by atoms with Gasteiger partial charge in [0.25, 0.3) is 0 Å². The summed E-state index contributed by atoms with van der Waals surface area (Å²) in [6.07, 6.45) is 1.28. The maximum absolute atomic E-state index is 11.3. The number of hydrogen-bond donors (Lipinski definition) is 1. The van der Waals surface area contributed by atoms with Crippen molar-refractivity contribution >= 4 is 5.91 Å². The highest BCUT2D eigenvalue weighted by molar-refractivity contribution is 5.75. The quantitative estimate of drug-likeness (QED) is 0.804. The lowest BCUT2D eigenvalue weighted by Crippen LogP contribution is -2.26. The summed E-state index contributed by atoms with van der Waals surface area (Å²) in [5, 5.41) is 6.62. The van der Waals surface area contributed by atoms with Crippen LogP contribution in [0.1, 0.15) is 31.7 Å². The highest BCUT2D eigenvalue weighted by Gasteiger charge is 2.05. The molecule has 1 N–H and O–H groups in total. The molecule has 1 amide bonds. The van der Waals surface area contributed by atoms with Crippen molar-refractivity contribution in [2.24, 2.45) is 5.92 Å². The maximum Gasteiger partial charge on any atom is 0.220 e. The van der Waals surface area contributed by atoms with Gasteiger partial charge < -0.3 is 9.84 Å². The Kier molecular flexibility index (Phi) is 4.34. The molecule has 0 saturated heterocycles. The normalized spacial score (nSPS) is 10.7. The maximum atomic E-state index is 11.3. The number of carbonyl (C=O) groups excluding carboxylic acids is 1. The molecule has 0 aliphatic heterocycles. The molecule has 1 rings (SSSR count). The van der Waals surface area contributed by atoms with Gasteiger partial charge in [-0.1, -0.05) is 19.0 Å². The second kappa shape index (κ2) is 5.53. The van der Waals surface area contributed by atoms with Gasteiger partial charge in [0.1, 0.15) is 5.76 Å². The fraction of sp³-hybridized carbons (Fsp3) is 0.636. The third-order valence-corrected chi connectivity index (χ3v) is 1.96. The van der Waals surface area contributed by atoms with Gasteiger partial charge >= 0.3 is 0 Å². The lowest BCUT2D eigenvalue weighted by atomic mass is 10.1. The number of hydrogen-bond acceptors (Lipinski definition) is 3. The van der Waals surface area contributed by atoms with Crippen molar-refractivity contribution < 1.29 is 9.32 Å². The van der Waals surface area contributed by atoms with Crippen LogP contribution in [-0.2, 0) is 11.2 Å². The molecule has 1 heterocycles. The smallest absolute Gasteiger partial charge is 0.220 e. The van der Waals surface area contributed by atoms with E-state index in [1.807, 2.05) is 26.8 Å². The minimum atomic E-state index is 0.0984. The first-order chi connectivity index (χ1) is 7.08. The third kappa shape index (κ3) is 4.63. The number of nitrogens with zero attached hydrogens (tertiary/aromatic N) is 1. The Labute approximate surface area is 90.0 Å². The second-order valence-corrected chi connectivity index (χ2v) is 4.13. The summed E-state index contributed by atoms with van der Waals surface area (Å²) in [4.78, 5) is 11.3. The van der Waals surface area contributed by atoms with Gasteiger partial charge in [-0.3, -0.25) is 4.79 Å². The summed E-state index contributed by atoms with van der Waals surface area (Å²) in [5.74, 6) is 1.32. The van der Waals surface area contributed by atoms with E-state index in [9.17, 15) is 4.79 Å². The number of amides is 1. The van der Waals surface area contributed by atoms with Crippen molar-refractivity contribution in [2.75, 3.05) is 6.54 Å². The molecule has 0 spiro atoms. The summed E-state index contributed by atoms with van der Waals surface area (Å²) >= 11 is 0. The monoisotopic (exact) mass is 210 g/mol. The summed E-state index contributed by atoms with van der Waals surface area (Å²) < 4.78 is 5.03. The van der Waals surface area contributed by atoms with Crippen molar-refractivity contribution in [1.29, 1.82) is 0 Å². The minimum absolute atomic E-state index is 0.0984. The molecule has 0 unspecified atom stereocenters.